The lowest BCUT2D eigenvalue weighted by molar-refractivity contribution is 0.0903. The van der Waals surface area contributed by atoms with Gasteiger partial charge in [0.15, 0.2) is 5.78 Å². The number of aliphatic hydroxyl groups is 1. The summed E-state index contributed by atoms with van der Waals surface area (Å²) in [5.41, 5.74) is 0.980. The Kier molecular flexibility index (Phi) is 5.02. The summed E-state index contributed by atoms with van der Waals surface area (Å²) in [6.45, 7) is -0.571. The van der Waals surface area contributed by atoms with Crippen molar-refractivity contribution in [3.05, 3.63) is 65.5 Å². The Labute approximate surface area is 127 Å². The van der Waals surface area contributed by atoms with E-state index in [-0.39, 0.29) is 11.4 Å². The number of hydrogen-bond donors (Lipinski definition) is 2. The molecule has 0 atom stereocenters. The maximum Gasteiger partial charge on any atom is 0.240 e. The van der Waals surface area contributed by atoms with E-state index in [1.165, 1.54) is 24.3 Å². The molecule has 2 aromatic carbocycles. The van der Waals surface area contributed by atoms with E-state index in [4.69, 9.17) is 5.11 Å². The minimum absolute atomic E-state index is 0.00639. The number of nitrogens with one attached hydrogen (secondary N) is 1. The smallest absolute Gasteiger partial charge is 0.240 e. The number of rotatable bonds is 6. The topological polar surface area (TPSA) is 83.5 Å². The molecule has 22 heavy (non-hydrogen) atoms. The molecule has 7 heteroatoms. The van der Waals surface area contributed by atoms with Crippen LogP contribution in [0.5, 0.6) is 0 Å². The largest absolute Gasteiger partial charge is 0.388 e. The number of hydrogen-bond acceptors (Lipinski definition) is 4. The normalized spacial score (nSPS) is 11.4. The number of carbonyl (C=O) groups is 1. The summed E-state index contributed by atoms with van der Waals surface area (Å²) < 4.78 is 39.5. The molecule has 2 rings (SSSR count). The lowest BCUT2D eigenvalue weighted by Gasteiger charge is -2.07. The average Bonchev–Trinajstić information content (AvgIpc) is 2.53. The molecule has 0 aliphatic rings. The maximum atomic E-state index is 13.1. The van der Waals surface area contributed by atoms with Gasteiger partial charge in [0.05, 0.1) is 4.90 Å². The van der Waals surface area contributed by atoms with Crippen molar-refractivity contribution in [3.8, 4) is 0 Å². The molecular formula is C15H14FNO4S. The van der Waals surface area contributed by atoms with Gasteiger partial charge in [-0.2, -0.15) is 0 Å². The molecule has 0 spiro atoms. The van der Waals surface area contributed by atoms with Gasteiger partial charge in [0.1, 0.15) is 12.4 Å². The van der Waals surface area contributed by atoms with Gasteiger partial charge in [-0.1, -0.05) is 30.3 Å². The summed E-state index contributed by atoms with van der Waals surface area (Å²) in [5.74, 6) is -1.04. The number of aliphatic hydroxyl groups excluding tert-OH is 1. The molecule has 0 aliphatic carbocycles. The fraction of sp³-hybridized carbons (Fsp3) is 0.133. The summed E-state index contributed by atoms with van der Waals surface area (Å²) in [6, 6.07) is 10.9. The lowest BCUT2D eigenvalue weighted by Crippen LogP contribution is -2.23. The quantitative estimate of drug-likeness (QED) is 0.789. The van der Waals surface area contributed by atoms with Crippen molar-refractivity contribution in [2.75, 3.05) is 6.61 Å². The number of ketones is 1. The monoisotopic (exact) mass is 323 g/mol. The van der Waals surface area contributed by atoms with Crippen LogP contribution < -0.4 is 4.72 Å². The Morgan fingerprint density at radius 2 is 1.82 bits per heavy atom. The minimum Gasteiger partial charge on any atom is -0.388 e. The van der Waals surface area contributed by atoms with Crippen molar-refractivity contribution in [1.29, 1.82) is 0 Å². The van der Waals surface area contributed by atoms with Crippen LogP contribution in [0.1, 0.15) is 15.9 Å². The van der Waals surface area contributed by atoms with Crippen molar-refractivity contribution < 1.29 is 22.7 Å². The van der Waals surface area contributed by atoms with Gasteiger partial charge >= 0.3 is 0 Å². The van der Waals surface area contributed by atoms with Gasteiger partial charge in [-0.25, -0.2) is 17.5 Å². The predicted molar refractivity (Wildman–Crippen MR) is 78.3 cm³/mol. The number of benzene rings is 2. The second-order valence-electron chi connectivity index (χ2n) is 4.56. The zero-order valence-electron chi connectivity index (χ0n) is 11.5. The summed E-state index contributed by atoms with van der Waals surface area (Å²) >= 11 is 0. The summed E-state index contributed by atoms with van der Waals surface area (Å²) in [7, 11) is -3.81. The van der Waals surface area contributed by atoms with Gasteiger partial charge in [0.2, 0.25) is 10.0 Å². The molecule has 0 heterocycles. The van der Waals surface area contributed by atoms with Crippen LogP contribution in [0.25, 0.3) is 0 Å². The molecular weight excluding hydrogens is 309 g/mol. The molecule has 0 aromatic heterocycles. The molecule has 2 N–H and O–H groups in total. The van der Waals surface area contributed by atoms with Crippen LogP contribution in [0.4, 0.5) is 4.39 Å². The highest BCUT2D eigenvalue weighted by atomic mass is 32.2. The Morgan fingerprint density at radius 1 is 1.14 bits per heavy atom. The van der Waals surface area contributed by atoms with Gasteiger partial charge < -0.3 is 5.11 Å². The zero-order chi connectivity index (χ0) is 16.2. The van der Waals surface area contributed by atoms with Crippen LogP contribution >= 0.6 is 0 Å². The molecule has 0 saturated heterocycles. The van der Waals surface area contributed by atoms with Crippen LogP contribution in [0, 0.1) is 5.82 Å². The van der Waals surface area contributed by atoms with E-state index < -0.39 is 28.2 Å². The van der Waals surface area contributed by atoms with Gasteiger partial charge in [-0.3, -0.25) is 4.79 Å². The van der Waals surface area contributed by atoms with Gasteiger partial charge in [-0.15, -0.1) is 0 Å². The van der Waals surface area contributed by atoms with Crippen molar-refractivity contribution in [3.63, 3.8) is 0 Å². The number of carbonyl (C=O) groups excluding carboxylic acids is 1. The van der Waals surface area contributed by atoms with Crippen molar-refractivity contribution in [2.24, 2.45) is 0 Å². The zero-order valence-corrected chi connectivity index (χ0v) is 12.3. The SMILES string of the molecule is O=C(CO)c1ccc(CNS(=O)(=O)c2cccc(F)c2)cc1. The molecule has 5 nitrogen and oxygen atoms in total. The molecule has 0 saturated carbocycles. The maximum absolute atomic E-state index is 13.1. The van der Waals surface area contributed by atoms with Crippen LogP contribution in [0.15, 0.2) is 53.4 Å². The Bertz CT molecular complexity index is 772. The summed E-state index contributed by atoms with van der Waals surface area (Å²) in [5, 5.41) is 8.74. The molecule has 0 amide bonds. The molecule has 0 aliphatic heterocycles. The first kappa shape index (κ1) is 16.3. The Balaban J connectivity index is 2.07. The standard InChI is InChI=1S/C15H14FNO4S/c16-13-2-1-3-14(8-13)22(20,21)17-9-11-4-6-12(7-5-11)15(19)10-18/h1-8,17-18H,9-10H2. The summed E-state index contributed by atoms with van der Waals surface area (Å²) in [4.78, 5) is 11.1. The van der Waals surface area contributed by atoms with Crippen LogP contribution in [0.2, 0.25) is 0 Å². The van der Waals surface area contributed by atoms with Crippen LogP contribution in [0.3, 0.4) is 0 Å². The Morgan fingerprint density at radius 3 is 2.41 bits per heavy atom. The first-order chi connectivity index (χ1) is 10.4. The van der Waals surface area contributed by atoms with Crippen molar-refractivity contribution >= 4 is 15.8 Å². The summed E-state index contributed by atoms with van der Waals surface area (Å²) in [6.07, 6.45) is 0. The van der Waals surface area contributed by atoms with Crippen LogP contribution in [-0.4, -0.2) is 25.9 Å². The number of sulfonamides is 1. The molecule has 0 bridgehead atoms. The van der Waals surface area contributed by atoms with Gasteiger partial charge in [0.25, 0.3) is 0 Å². The average molecular weight is 323 g/mol. The highest BCUT2D eigenvalue weighted by molar-refractivity contribution is 7.89. The lowest BCUT2D eigenvalue weighted by atomic mass is 10.1. The van der Waals surface area contributed by atoms with E-state index in [9.17, 15) is 17.6 Å². The van der Waals surface area contributed by atoms with E-state index in [0.29, 0.717) is 11.1 Å². The molecule has 0 fully saturated rings. The van der Waals surface area contributed by atoms with Crippen LogP contribution in [-0.2, 0) is 16.6 Å². The molecule has 0 unspecified atom stereocenters. The number of halogens is 1. The third-order valence-corrected chi connectivity index (χ3v) is 4.39. The molecule has 0 radical (unpaired) electrons. The van der Waals surface area contributed by atoms with Crippen molar-refractivity contribution in [1.82, 2.24) is 4.72 Å². The predicted octanol–water partition coefficient (Wildman–Crippen LogP) is 1.48. The molecule has 116 valence electrons. The fourth-order valence-corrected chi connectivity index (χ4v) is 2.84. The highest BCUT2D eigenvalue weighted by Crippen LogP contribution is 2.12. The molecule has 2 aromatic rings. The third kappa shape index (κ3) is 3.97. The van der Waals surface area contributed by atoms with E-state index in [2.05, 4.69) is 4.72 Å². The van der Waals surface area contributed by atoms with E-state index >= 15 is 0 Å². The minimum atomic E-state index is -3.81. The van der Waals surface area contributed by atoms with E-state index in [1.807, 2.05) is 0 Å². The third-order valence-electron chi connectivity index (χ3n) is 2.99. The first-order valence-corrected chi connectivity index (χ1v) is 7.89. The van der Waals surface area contributed by atoms with Gasteiger partial charge in [-0.05, 0) is 23.8 Å². The Hall–Kier alpha value is -2.09. The van der Waals surface area contributed by atoms with E-state index in [1.54, 1.807) is 12.1 Å². The fourth-order valence-electron chi connectivity index (χ4n) is 1.80. The second-order valence-corrected chi connectivity index (χ2v) is 6.33. The number of Topliss-reactive ketones (excluding diaryl/α,β-unsaturated/α-hetero) is 1. The first-order valence-electron chi connectivity index (χ1n) is 6.40. The van der Waals surface area contributed by atoms with Crippen molar-refractivity contribution in [2.45, 2.75) is 11.4 Å². The second kappa shape index (κ2) is 6.78. The van der Waals surface area contributed by atoms with Gasteiger partial charge in [0, 0.05) is 12.1 Å². The highest BCUT2D eigenvalue weighted by Gasteiger charge is 2.14. The van der Waals surface area contributed by atoms with E-state index in [0.717, 1.165) is 12.1 Å².